The quantitative estimate of drug-likeness (QED) is 0.406. The second-order valence-electron chi connectivity index (χ2n) is 8.13. The highest BCUT2D eigenvalue weighted by Gasteiger charge is 2.14. The molecule has 0 amide bonds. The Labute approximate surface area is 170 Å². The topological polar surface area (TPSA) is 70.4 Å². The van der Waals surface area contributed by atoms with Gasteiger partial charge in [-0.15, -0.1) is 10.2 Å². The number of likely N-dealkylation sites (tertiary alicyclic amines) is 1. The van der Waals surface area contributed by atoms with Crippen LogP contribution in [0, 0.1) is 0 Å². The fourth-order valence-corrected chi connectivity index (χ4v) is 4.27. The van der Waals surface area contributed by atoms with E-state index in [1.54, 1.807) is 0 Å². The van der Waals surface area contributed by atoms with Crippen molar-refractivity contribution in [3.05, 3.63) is 11.6 Å². The van der Waals surface area contributed by atoms with Gasteiger partial charge >= 0.3 is 0 Å². The van der Waals surface area contributed by atoms with Crippen molar-refractivity contribution in [3.8, 4) is 0 Å². The van der Waals surface area contributed by atoms with Gasteiger partial charge in [0, 0.05) is 39.5 Å². The molecule has 0 bridgehead atoms. The summed E-state index contributed by atoms with van der Waals surface area (Å²) in [5, 5.41) is 15.7. The molecule has 7 nitrogen and oxygen atoms in total. The standard InChI is InChI=1S/C21H39N7/c1-22-21(24-14-10-17-27-15-6-2-3-7-16-27)23-13-9-12-20-26-25-19-11-5-4-8-18-28(19)20/h2-18H2,1H3,(H2,22,23,24). The number of rotatable bonds is 8. The predicted octanol–water partition coefficient (Wildman–Crippen LogP) is 2.37. The zero-order valence-electron chi connectivity index (χ0n) is 17.8. The van der Waals surface area contributed by atoms with Gasteiger partial charge < -0.3 is 20.1 Å². The second kappa shape index (κ2) is 12.0. The molecule has 0 aliphatic carbocycles. The Kier molecular flexibility index (Phi) is 9.07. The first kappa shape index (κ1) is 21.1. The number of hydrogen-bond acceptors (Lipinski definition) is 4. The molecular formula is C21H39N7. The van der Waals surface area contributed by atoms with Crippen molar-refractivity contribution in [2.24, 2.45) is 4.99 Å². The highest BCUT2D eigenvalue weighted by atomic mass is 15.3. The maximum absolute atomic E-state index is 4.42. The Morgan fingerprint density at radius 2 is 1.61 bits per heavy atom. The van der Waals surface area contributed by atoms with Crippen LogP contribution in [0.2, 0.25) is 0 Å². The summed E-state index contributed by atoms with van der Waals surface area (Å²) in [7, 11) is 1.85. The van der Waals surface area contributed by atoms with Crippen LogP contribution in [0.15, 0.2) is 4.99 Å². The molecule has 28 heavy (non-hydrogen) atoms. The number of nitrogens with zero attached hydrogens (tertiary/aromatic N) is 5. The molecule has 2 aliphatic rings. The zero-order chi connectivity index (χ0) is 19.4. The monoisotopic (exact) mass is 389 g/mol. The minimum atomic E-state index is 0.911. The third-order valence-electron chi connectivity index (χ3n) is 5.92. The van der Waals surface area contributed by atoms with Gasteiger partial charge in [-0.25, -0.2) is 0 Å². The second-order valence-corrected chi connectivity index (χ2v) is 8.13. The van der Waals surface area contributed by atoms with Crippen LogP contribution in [-0.2, 0) is 19.4 Å². The number of fused-ring (bicyclic) bond motifs is 1. The first-order valence-electron chi connectivity index (χ1n) is 11.4. The molecule has 158 valence electrons. The summed E-state index contributed by atoms with van der Waals surface area (Å²) >= 11 is 0. The first-order valence-corrected chi connectivity index (χ1v) is 11.4. The van der Waals surface area contributed by atoms with Gasteiger partial charge in [-0.2, -0.15) is 0 Å². The van der Waals surface area contributed by atoms with E-state index >= 15 is 0 Å². The SMILES string of the molecule is CN=C(NCCCc1nnc2n1CCCCC2)NCCCN1CCCCCC1. The third kappa shape index (κ3) is 6.76. The maximum atomic E-state index is 4.42. The first-order chi connectivity index (χ1) is 13.9. The van der Waals surface area contributed by atoms with E-state index in [1.165, 1.54) is 76.8 Å². The van der Waals surface area contributed by atoms with Gasteiger partial charge in [-0.3, -0.25) is 4.99 Å². The molecule has 1 saturated heterocycles. The van der Waals surface area contributed by atoms with E-state index in [0.29, 0.717) is 0 Å². The lowest BCUT2D eigenvalue weighted by molar-refractivity contribution is 0.282. The molecular weight excluding hydrogens is 350 g/mol. The van der Waals surface area contributed by atoms with Crippen molar-refractivity contribution in [2.45, 2.75) is 77.2 Å². The zero-order valence-corrected chi connectivity index (χ0v) is 17.8. The van der Waals surface area contributed by atoms with Crippen molar-refractivity contribution in [1.82, 2.24) is 30.3 Å². The smallest absolute Gasteiger partial charge is 0.190 e. The Hall–Kier alpha value is -1.63. The largest absolute Gasteiger partial charge is 0.356 e. The molecule has 0 radical (unpaired) electrons. The van der Waals surface area contributed by atoms with Crippen LogP contribution < -0.4 is 10.6 Å². The summed E-state index contributed by atoms with van der Waals surface area (Å²) in [6.07, 6.45) is 13.6. The molecule has 7 heteroatoms. The van der Waals surface area contributed by atoms with Crippen LogP contribution in [-0.4, -0.2) is 65.4 Å². The Morgan fingerprint density at radius 1 is 0.893 bits per heavy atom. The molecule has 0 spiro atoms. The van der Waals surface area contributed by atoms with Crippen LogP contribution in [0.3, 0.4) is 0 Å². The van der Waals surface area contributed by atoms with E-state index in [2.05, 4.69) is 35.3 Å². The highest BCUT2D eigenvalue weighted by molar-refractivity contribution is 5.79. The summed E-state index contributed by atoms with van der Waals surface area (Å²) in [4.78, 5) is 6.97. The number of aliphatic imine (C=N–C) groups is 1. The number of guanidine groups is 1. The molecule has 0 saturated carbocycles. The molecule has 2 aliphatic heterocycles. The van der Waals surface area contributed by atoms with Crippen LogP contribution in [0.25, 0.3) is 0 Å². The van der Waals surface area contributed by atoms with Gasteiger partial charge in [-0.1, -0.05) is 19.3 Å². The van der Waals surface area contributed by atoms with Crippen molar-refractivity contribution in [1.29, 1.82) is 0 Å². The molecule has 1 aromatic rings. The number of hydrogen-bond donors (Lipinski definition) is 2. The van der Waals surface area contributed by atoms with Gasteiger partial charge in [0.25, 0.3) is 0 Å². The third-order valence-corrected chi connectivity index (χ3v) is 5.92. The van der Waals surface area contributed by atoms with Crippen LogP contribution in [0.4, 0.5) is 0 Å². The number of nitrogens with one attached hydrogen (secondary N) is 2. The molecule has 3 rings (SSSR count). The number of aryl methyl sites for hydroxylation is 2. The Morgan fingerprint density at radius 3 is 2.39 bits per heavy atom. The van der Waals surface area contributed by atoms with Crippen molar-refractivity contribution >= 4 is 5.96 Å². The summed E-state index contributed by atoms with van der Waals surface area (Å²) in [6.45, 7) is 6.73. The minimum absolute atomic E-state index is 0.911. The van der Waals surface area contributed by atoms with Gasteiger partial charge in [0.05, 0.1) is 0 Å². The van der Waals surface area contributed by atoms with Crippen molar-refractivity contribution < 1.29 is 0 Å². The fourth-order valence-electron chi connectivity index (χ4n) is 4.27. The summed E-state index contributed by atoms with van der Waals surface area (Å²) < 4.78 is 2.35. The molecule has 1 aromatic heterocycles. The lowest BCUT2D eigenvalue weighted by atomic mass is 10.2. The Balaban J connectivity index is 1.29. The van der Waals surface area contributed by atoms with Crippen LogP contribution in [0.5, 0.6) is 0 Å². The predicted molar refractivity (Wildman–Crippen MR) is 115 cm³/mol. The molecule has 3 heterocycles. The molecule has 0 unspecified atom stereocenters. The molecule has 0 atom stereocenters. The minimum Gasteiger partial charge on any atom is -0.356 e. The average molecular weight is 390 g/mol. The maximum Gasteiger partial charge on any atom is 0.190 e. The van der Waals surface area contributed by atoms with Crippen molar-refractivity contribution in [3.63, 3.8) is 0 Å². The van der Waals surface area contributed by atoms with Crippen molar-refractivity contribution in [2.75, 3.05) is 39.8 Å². The van der Waals surface area contributed by atoms with E-state index in [9.17, 15) is 0 Å². The number of aromatic nitrogens is 3. The summed E-state index contributed by atoms with van der Waals surface area (Å²) in [5.41, 5.74) is 0. The fraction of sp³-hybridized carbons (Fsp3) is 0.857. The molecule has 1 fully saturated rings. The van der Waals surface area contributed by atoms with E-state index in [-0.39, 0.29) is 0 Å². The van der Waals surface area contributed by atoms with E-state index < -0.39 is 0 Å². The summed E-state index contributed by atoms with van der Waals surface area (Å²) in [5.74, 6) is 3.25. The Bertz CT molecular complexity index is 588. The average Bonchev–Trinajstić information content (AvgIpc) is 2.91. The van der Waals surface area contributed by atoms with Crippen LogP contribution >= 0.6 is 0 Å². The van der Waals surface area contributed by atoms with Gasteiger partial charge in [0.15, 0.2) is 5.96 Å². The van der Waals surface area contributed by atoms with E-state index in [1.807, 2.05) is 7.05 Å². The van der Waals surface area contributed by atoms with E-state index in [4.69, 9.17) is 0 Å². The lowest BCUT2D eigenvalue weighted by Crippen LogP contribution is -2.39. The van der Waals surface area contributed by atoms with Crippen LogP contribution in [0.1, 0.15) is 69.4 Å². The van der Waals surface area contributed by atoms with Gasteiger partial charge in [-0.05, 0) is 58.2 Å². The molecule has 2 N–H and O–H groups in total. The van der Waals surface area contributed by atoms with Gasteiger partial charge in [0.2, 0.25) is 0 Å². The normalized spacial score (nSPS) is 19.0. The lowest BCUT2D eigenvalue weighted by Gasteiger charge is -2.20. The highest BCUT2D eigenvalue weighted by Crippen LogP contribution is 2.15. The van der Waals surface area contributed by atoms with E-state index in [0.717, 1.165) is 50.7 Å². The van der Waals surface area contributed by atoms with Gasteiger partial charge in [0.1, 0.15) is 11.6 Å². The molecule has 0 aromatic carbocycles. The summed E-state index contributed by atoms with van der Waals surface area (Å²) in [6, 6.07) is 0.